The first-order valence-electron chi connectivity index (χ1n) is 6.79. The summed E-state index contributed by atoms with van der Waals surface area (Å²) in [7, 11) is 1.61. The largest absolute Gasteiger partial charge is 0.493 e. The molecular weight excluding hydrogens is 272 g/mol. The van der Waals surface area contributed by atoms with Crippen molar-refractivity contribution in [3.8, 4) is 11.5 Å². The first kappa shape index (κ1) is 17.0. The van der Waals surface area contributed by atoms with Crippen LogP contribution < -0.4 is 9.47 Å². The molecule has 1 rings (SSSR count). The van der Waals surface area contributed by atoms with Crippen molar-refractivity contribution in [2.24, 2.45) is 0 Å². The number of rotatable bonds is 10. The third kappa shape index (κ3) is 6.81. The Bertz CT molecular complexity index is 456. The van der Waals surface area contributed by atoms with Gasteiger partial charge in [-0.05, 0) is 24.1 Å². The summed E-state index contributed by atoms with van der Waals surface area (Å²) >= 11 is 0. The van der Waals surface area contributed by atoms with Crippen molar-refractivity contribution in [2.45, 2.75) is 13.3 Å². The Morgan fingerprint density at radius 3 is 2.62 bits per heavy atom. The highest BCUT2D eigenvalue weighted by molar-refractivity contribution is 5.65. The van der Waals surface area contributed by atoms with Gasteiger partial charge in [0.25, 0.3) is 0 Å². The molecule has 0 spiro atoms. The lowest BCUT2D eigenvalue weighted by Crippen LogP contribution is -2.12. The lowest BCUT2D eigenvalue weighted by molar-refractivity contribution is -0.142. The van der Waals surface area contributed by atoms with Crippen molar-refractivity contribution in [1.82, 2.24) is 0 Å². The van der Waals surface area contributed by atoms with Gasteiger partial charge in [-0.25, -0.2) is 0 Å². The maximum atomic E-state index is 10.5. The van der Waals surface area contributed by atoms with Crippen LogP contribution in [0.5, 0.6) is 11.5 Å². The number of hydrogen-bond donors (Lipinski definition) is 0. The van der Waals surface area contributed by atoms with Crippen LogP contribution in [0.3, 0.4) is 0 Å². The molecule has 0 saturated heterocycles. The zero-order valence-electron chi connectivity index (χ0n) is 12.6. The van der Waals surface area contributed by atoms with Crippen LogP contribution in [0.4, 0.5) is 0 Å². The smallest absolute Gasteiger partial charge is 0.302 e. The van der Waals surface area contributed by atoms with Crippen molar-refractivity contribution >= 4 is 5.97 Å². The molecule has 0 saturated carbocycles. The molecule has 1 aromatic rings. The van der Waals surface area contributed by atoms with Crippen molar-refractivity contribution in [3.05, 3.63) is 36.4 Å². The second kappa shape index (κ2) is 9.83. The van der Waals surface area contributed by atoms with Crippen molar-refractivity contribution < 1.29 is 23.7 Å². The van der Waals surface area contributed by atoms with E-state index in [0.717, 1.165) is 12.0 Å². The molecule has 5 nitrogen and oxygen atoms in total. The Balaban J connectivity index is 2.31. The van der Waals surface area contributed by atoms with Crippen LogP contribution in [0.2, 0.25) is 0 Å². The summed E-state index contributed by atoms with van der Waals surface area (Å²) in [5.41, 5.74) is 1.12. The van der Waals surface area contributed by atoms with E-state index < -0.39 is 0 Å². The summed E-state index contributed by atoms with van der Waals surface area (Å²) in [5.74, 6) is 1.06. The summed E-state index contributed by atoms with van der Waals surface area (Å²) in [4.78, 5) is 10.5. The van der Waals surface area contributed by atoms with Gasteiger partial charge >= 0.3 is 5.97 Å². The standard InChI is InChI=1S/C16H22O5/c1-4-5-14-6-7-15(16(12-14)18-3)21-11-9-19-8-10-20-13(2)17/h4,6-7,12H,1,5,8-11H2,2-3H3. The van der Waals surface area contributed by atoms with Gasteiger partial charge < -0.3 is 18.9 Å². The summed E-state index contributed by atoms with van der Waals surface area (Å²) in [5, 5.41) is 0. The second-order valence-corrected chi connectivity index (χ2v) is 4.28. The minimum atomic E-state index is -0.306. The van der Waals surface area contributed by atoms with Crippen LogP contribution in [-0.4, -0.2) is 39.5 Å². The zero-order valence-corrected chi connectivity index (χ0v) is 12.6. The summed E-state index contributed by atoms with van der Waals surface area (Å²) < 4.78 is 20.9. The molecule has 0 N–H and O–H groups in total. The number of carbonyl (C=O) groups is 1. The van der Waals surface area contributed by atoms with Gasteiger partial charge in [0.1, 0.15) is 13.2 Å². The Kier molecular flexibility index (Phi) is 7.97. The lowest BCUT2D eigenvalue weighted by Gasteiger charge is -2.12. The third-order valence-corrected chi connectivity index (χ3v) is 2.63. The van der Waals surface area contributed by atoms with Gasteiger partial charge in [-0.2, -0.15) is 0 Å². The average molecular weight is 294 g/mol. The van der Waals surface area contributed by atoms with E-state index in [1.165, 1.54) is 6.92 Å². The van der Waals surface area contributed by atoms with Crippen LogP contribution >= 0.6 is 0 Å². The van der Waals surface area contributed by atoms with Crippen LogP contribution in [0.25, 0.3) is 0 Å². The van der Waals surface area contributed by atoms with E-state index in [4.69, 9.17) is 18.9 Å². The summed E-state index contributed by atoms with van der Waals surface area (Å²) in [6.07, 6.45) is 2.63. The van der Waals surface area contributed by atoms with Crippen molar-refractivity contribution in [1.29, 1.82) is 0 Å². The number of ether oxygens (including phenoxy) is 4. The predicted molar refractivity (Wildman–Crippen MR) is 79.8 cm³/mol. The Morgan fingerprint density at radius 2 is 1.95 bits per heavy atom. The van der Waals surface area contributed by atoms with Crippen LogP contribution in [0.15, 0.2) is 30.9 Å². The number of hydrogen-bond acceptors (Lipinski definition) is 5. The minimum Gasteiger partial charge on any atom is -0.493 e. The number of carbonyl (C=O) groups excluding carboxylic acids is 1. The summed E-state index contributed by atoms with van der Waals surface area (Å²) in [6, 6.07) is 5.77. The third-order valence-electron chi connectivity index (χ3n) is 2.63. The Labute approximate surface area is 125 Å². The molecule has 0 amide bonds. The molecule has 0 radical (unpaired) electrons. The normalized spacial score (nSPS) is 10.0. The monoisotopic (exact) mass is 294 g/mol. The molecule has 0 aliphatic carbocycles. The van der Waals surface area contributed by atoms with Gasteiger partial charge in [-0.15, -0.1) is 6.58 Å². The van der Waals surface area contributed by atoms with E-state index >= 15 is 0 Å². The number of allylic oxidation sites excluding steroid dienone is 1. The molecule has 0 aliphatic rings. The van der Waals surface area contributed by atoms with E-state index in [2.05, 4.69) is 6.58 Å². The summed E-state index contributed by atoms with van der Waals surface area (Å²) in [6.45, 7) is 6.51. The van der Waals surface area contributed by atoms with Gasteiger partial charge in [-0.3, -0.25) is 4.79 Å². The lowest BCUT2D eigenvalue weighted by atomic mass is 10.1. The van der Waals surface area contributed by atoms with Crippen LogP contribution in [0.1, 0.15) is 12.5 Å². The highest BCUT2D eigenvalue weighted by atomic mass is 16.6. The van der Waals surface area contributed by atoms with Gasteiger partial charge in [0.05, 0.1) is 20.3 Å². The second-order valence-electron chi connectivity index (χ2n) is 4.28. The fraction of sp³-hybridized carbons (Fsp3) is 0.438. The molecule has 5 heteroatoms. The maximum absolute atomic E-state index is 10.5. The van der Waals surface area contributed by atoms with Crippen LogP contribution in [-0.2, 0) is 20.7 Å². The predicted octanol–water partition coefficient (Wildman–Crippen LogP) is 2.38. The Morgan fingerprint density at radius 1 is 1.19 bits per heavy atom. The number of benzene rings is 1. The van der Waals surface area contributed by atoms with Gasteiger partial charge in [0.15, 0.2) is 11.5 Å². The molecule has 0 bridgehead atoms. The van der Waals surface area contributed by atoms with Gasteiger partial charge in [0, 0.05) is 6.92 Å². The SMILES string of the molecule is C=CCc1ccc(OCCOCCOC(C)=O)c(OC)c1. The molecule has 1 aromatic carbocycles. The molecule has 0 heterocycles. The molecule has 116 valence electrons. The van der Waals surface area contributed by atoms with E-state index in [1.54, 1.807) is 7.11 Å². The van der Waals surface area contributed by atoms with Crippen LogP contribution in [0, 0.1) is 0 Å². The van der Waals surface area contributed by atoms with E-state index in [9.17, 15) is 4.79 Å². The molecule has 0 aliphatic heterocycles. The molecular formula is C16H22O5. The first-order chi connectivity index (χ1) is 10.2. The molecule has 0 atom stereocenters. The minimum absolute atomic E-state index is 0.259. The van der Waals surface area contributed by atoms with E-state index in [0.29, 0.717) is 31.3 Å². The molecule has 0 unspecified atom stereocenters. The van der Waals surface area contributed by atoms with Gasteiger partial charge in [-0.1, -0.05) is 12.1 Å². The molecule has 0 aromatic heterocycles. The topological polar surface area (TPSA) is 54.0 Å². The number of methoxy groups -OCH3 is 1. The highest BCUT2D eigenvalue weighted by Gasteiger charge is 2.05. The molecule has 0 fully saturated rings. The van der Waals surface area contributed by atoms with Crippen molar-refractivity contribution in [2.75, 3.05) is 33.5 Å². The fourth-order valence-corrected chi connectivity index (χ4v) is 1.68. The average Bonchev–Trinajstić information content (AvgIpc) is 2.47. The fourth-order valence-electron chi connectivity index (χ4n) is 1.68. The Hall–Kier alpha value is -2.01. The zero-order chi connectivity index (χ0) is 15.5. The molecule has 21 heavy (non-hydrogen) atoms. The maximum Gasteiger partial charge on any atom is 0.302 e. The van der Waals surface area contributed by atoms with Gasteiger partial charge in [0.2, 0.25) is 0 Å². The van der Waals surface area contributed by atoms with Crippen molar-refractivity contribution in [3.63, 3.8) is 0 Å². The number of esters is 1. The van der Waals surface area contributed by atoms with E-state index in [-0.39, 0.29) is 12.6 Å². The quantitative estimate of drug-likeness (QED) is 0.377. The van der Waals surface area contributed by atoms with E-state index in [1.807, 2.05) is 24.3 Å². The first-order valence-corrected chi connectivity index (χ1v) is 6.79. The highest BCUT2D eigenvalue weighted by Crippen LogP contribution is 2.28.